The van der Waals surface area contributed by atoms with Gasteiger partial charge in [0.15, 0.2) is 11.5 Å². The summed E-state index contributed by atoms with van der Waals surface area (Å²) >= 11 is 0. The van der Waals surface area contributed by atoms with Gasteiger partial charge in [-0.25, -0.2) is 10.2 Å². The van der Waals surface area contributed by atoms with Crippen LogP contribution >= 0.6 is 0 Å². The monoisotopic (exact) mass is 360 g/mol. The molecule has 2 aromatic rings. The van der Waals surface area contributed by atoms with Crippen LogP contribution in [-0.2, 0) is 16.0 Å². The predicted molar refractivity (Wildman–Crippen MR) is 96.8 cm³/mol. The highest BCUT2D eigenvalue weighted by Crippen LogP contribution is 2.27. The van der Waals surface area contributed by atoms with Crippen molar-refractivity contribution in [3.05, 3.63) is 53.6 Å². The highest BCUT2D eigenvalue weighted by molar-refractivity contribution is 5.80. The summed E-state index contributed by atoms with van der Waals surface area (Å²) in [5, 5.41) is 18.9. The smallest absolute Gasteiger partial charge is 0.327 e. The van der Waals surface area contributed by atoms with E-state index in [0.29, 0.717) is 11.3 Å². The summed E-state index contributed by atoms with van der Waals surface area (Å²) in [6, 6.07) is 11.9. The van der Waals surface area contributed by atoms with Crippen molar-refractivity contribution < 1.29 is 24.5 Å². The Labute approximate surface area is 152 Å². The second-order valence-electron chi connectivity index (χ2n) is 6.28. The molecular formula is C19H24N2O5. The topological polar surface area (TPSA) is 114 Å². The molecule has 0 saturated heterocycles. The highest BCUT2D eigenvalue weighted by atomic mass is 16.6. The van der Waals surface area contributed by atoms with Crippen molar-refractivity contribution in [3.8, 4) is 17.2 Å². The third-order valence-corrected chi connectivity index (χ3v) is 3.94. The molecule has 0 spiro atoms. The molecule has 7 heteroatoms. The molecule has 0 bridgehead atoms. The number of phenolic OH excluding ortho intramolecular Hbond substituents is 2. The molecule has 0 aromatic heterocycles. The van der Waals surface area contributed by atoms with Crippen molar-refractivity contribution in [3.63, 3.8) is 0 Å². The van der Waals surface area contributed by atoms with Crippen LogP contribution in [0.5, 0.6) is 17.2 Å². The van der Waals surface area contributed by atoms with Crippen molar-refractivity contribution in [1.29, 1.82) is 0 Å². The molecule has 0 aliphatic rings. The minimum Gasteiger partial charge on any atom is -0.504 e. The summed E-state index contributed by atoms with van der Waals surface area (Å²) in [4.78, 5) is 12.4. The summed E-state index contributed by atoms with van der Waals surface area (Å²) in [5.74, 6) is 5.22. The van der Waals surface area contributed by atoms with Crippen LogP contribution in [0.1, 0.15) is 18.1 Å². The molecule has 7 nitrogen and oxygen atoms in total. The van der Waals surface area contributed by atoms with Crippen LogP contribution in [0.3, 0.4) is 0 Å². The Morgan fingerprint density at radius 3 is 2.58 bits per heavy atom. The minimum absolute atomic E-state index is 0.0743. The molecule has 0 heterocycles. The summed E-state index contributed by atoms with van der Waals surface area (Å²) in [6.45, 7) is 3.85. The Bertz CT molecular complexity index is 765. The van der Waals surface area contributed by atoms with E-state index in [1.165, 1.54) is 12.1 Å². The van der Waals surface area contributed by atoms with Crippen molar-refractivity contribution in [2.75, 3.05) is 13.2 Å². The number of rotatable bonds is 8. The molecule has 140 valence electrons. The zero-order valence-electron chi connectivity index (χ0n) is 14.9. The van der Waals surface area contributed by atoms with Crippen molar-refractivity contribution in [2.24, 2.45) is 5.84 Å². The van der Waals surface area contributed by atoms with Crippen molar-refractivity contribution >= 4 is 5.97 Å². The maximum atomic E-state index is 12.4. The van der Waals surface area contributed by atoms with Gasteiger partial charge in [0.25, 0.3) is 0 Å². The zero-order valence-corrected chi connectivity index (χ0v) is 14.9. The standard InChI is InChI=1S/C19H24N2O5/c1-13-4-3-5-15(10-13)25-8-9-26-18(24)19(2,21-20)12-14-6-7-16(22)17(23)11-14/h3-7,10-11,21-23H,8-9,12,20H2,1-2H3/t19-/m0/s1. The van der Waals surface area contributed by atoms with Gasteiger partial charge in [0.1, 0.15) is 24.5 Å². The average Bonchev–Trinajstić information content (AvgIpc) is 2.61. The lowest BCUT2D eigenvalue weighted by Gasteiger charge is -2.26. The van der Waals surface area contributed by atoms with Crippen molar-refractivity contribution in [2.45, 2.75) is 25.8 Å². The van der Waals surface area contributed by atoms with E-state index in [9.17, 15) is 15.0 Å². The number of phenols is 2. The first kappa shape index (κ1) is 19.6. The summed E-state index contributed by atoms with van der Waals surface area (Å²) in [6.07, 6.45) is 0.176. The fraction of sp³-hybridized carbons (Fsp3) is 0.316. The molecule has 1 atom stereocenters. The van der Waals surface area contributed by atoms with Crippen LogP contribution in [-0.4, -0.2) is 34.9 Å². The van der Waals surface area contributed by atoms with E-state index in [2.05, 4.69) is 5.43 Å². The van der Waals surface area contributed by atoms with E-state index in [0.717, 1.165) is 5.56 Å². The Morgan fingerprint density at radius 1 is 1.15 bits per heavy atom. The van der Waals surface area contributed by atoms with Crippen LogP contribution < -0.4 is 16.0 Å². The fourth-order valence-electron chi connectivity index (χ4n) is 2.43. The second-order valence-corrected chi connectivity index (χ2v) is 6.28. The van der Waals surface area contributed by atoms with Gasteiger partial charge in [-0.1, -0.05) is 18.2 Å². The quantitative estimate of drug-likeness (QED) is 0.187. The fourth-order valence-corrected chi connectivity index (χ4v) is 2.43. The number of benzene rings is 2. The molecule has 0 fully saturated rings. The average molecular weight is 360 g/mol. The van der Waals surface area contributed by atoms with E-state index in [1.54, 1.807) is 13.0 Å². The Hall–Kier alpha value is -2.77. The molecule has 0 aliphatic heterocycles. The SMILES string of the molecule is Cc1cccc(OCCOC(=O)[C@](C)(Cc2ccc(O)c(O)c2)NN)c1. The van der Waals surface area contributed by atoms with Gasteiger partial charge in [0.05, 0.1) is 0 Å². The summed E-state index contributed by atoms with van der Waals surface area (Å²) in [5.41, 5.74) is 2.98. The van der Waals surface area contributed by atoms with Crippen LogP contribution in [0.2, 0.25) is 0 Å². The molecule has 0 unspecified atom stereocenters. The third-order valence-electron chi connectivity index (χ3n) is 3.94. The Kier molecular flexibility index (Phi) is 6.43. The number of hydrogen-bond acceptors (Lipinski definition) is 7. The molecule has 5 N–H and O–H groups in total. The number of aryl methyl sites for hydroxylation is 1. The number of esters is 1. The molecule has 0 saturated carbocycles. The normalized spacial score (nSPS) is 13.0. The lowest BCUT2D eigenvalue weighted by atomic mass is 9.93. The summed E-state index contributed by atoms with van der Waals surface area (Å²) < 4.78 is 10.8. The molecule has 0 radical (unpaired) electrons. The number of aromatic hydroxyl groups is 2. The Balaban J connectivity index is 1.89. The lowest BCUT2D eigenvalue weighted by molar-refractivity contribution is -0.151. The number of hydrogen-bond donors (Lipinski definition) is 4. The van der Waals surface area contributed by atoms with E-state index < -0.39 is 11.5 Å². The van der Waals surface area contributed by atoms with Crippen LogP contribution in [0.4, 0.5) is 0 Å². The number of hydrazine groups is 1. The van der Waals surface area contributed by atoms with Gasteiger partial charge in [-0.3, -0.25) is 5.84 Å². The third kappa shape index (κ3) is 5.11. The van der Waals surface area contributed by atoms with E-state index in [4.69, 9.17) is 15.3 Å². The van der Waals surface area contributed by atoms with Crippen LogP contribution in [0.25, 0.3) is 0 Å². The van der Waals surface area contributed by atoms with Crippen molar-refractivity contribution in [1.82, 2.24) is 5.43 Å². The van der Waals surface area contributed by atoms with Gasteiger partial charge in [-0.15, -0.1) is 0 Å². The molecular weight excluding hydrogens is 336 g/mol. The first-order chi connectivity index (χ1) is 12.3. The lowest BCUT2D eigenvalue weighted by Crippen LogP contribution is -2.55. The summed E-state index contributed by atoms with van der Waals surface area (Å²) in [7, 11) is 0. The Morgan fingerprint density at radius 2 is 1.92 bits per heavy atom. The first-order valence-corrected chi connectivity index (χ1v) is 8.19. The van der Waals surface area contributed by atoms with Crippen LogP contribution in [0, 0.1) is 6.92 Å². The second kappa shape index (κ2) is 8.55. The van der Waals surface area contributed by atoms with Gasteiger partial charge in [-0.2, -0.15) is 0 Å². The maximum Gasteiger partial charge on any atom is 0.327 e. The van der Waals surface area contributed by atoms with Gasteiger partial charge >= 0.3 is 5.97 Å². The number of nitrogens with one attached hydrogen (secondary N) is 1. The molecule has 0 aliphatic carbocycles. The van der Waals surface area contributed by atoms with E-state index in [1.807, 2.05) is 31.2 Å². The minimum atomic E-state index is -1.19. The van der Waals surface area contributed by atoms with Gasteiger partial charge in [-0.05, 0) is 49.2 Å². The van der Waals surface area contributed by atoms with Gasteiger partial charge in [0.2, 0.25) is 0 Å². The van der Waals surface area contributed by atoms with Gasteiger partial charge < -0.3 is 19.7 Å². The molecule has 2 rings (SSSR count). The van der Waals surface area contributed by atoms with Gasteiger partial charge in [0, 0.05) is 6.42 Å². The van der Waals surface area contributed by atoms with E-state index >= 15 is 0 Å². The molecule has 0 amide bonds. The zero-order chi connectivity index (χ0) is 19.2. The number of nitrogens with two attached hydrogens (primary N) is 1. The number of carbonyl (C=O) groups excluding carboxylic acids is 1. The molecule has 2 aromatic carbocycles. The van der Waals surface area contributed by atoms with Crippen LogP contribution in [0.15, 0.2) is 42.5 Å². The highest BCUT2D eigenvalue weighted by Gasteiger charge is 2.34. The first-order valence-electron chi connectivity index (χ1n) is 8.19. The molecule has 26 heavy (non-hydrogen) atoms. The number of carbonyl (C=O) groups is 1. The van der Waals surface area contributed by atoms with E-state index in [-0.39, 0.29) is 31.1 Å². The maximum absolute atomic E-state index is 12.4. The number of ether oxygens (including phenoxy) is 2. The predicted octanol–water partition coefficient (Wildman–Crippen LogP) is 1.79. The largest absolute Gasteiger partial charge is 0.504 e.